The molecule has 0 aliphatic rings. The summed E-state index contributed by atoms with van der Waals surface area (Å²) in [6.07, 6.45) is 3.82. The van der Waals surface area contributed by atoms with Crippen LogP contribution in [-0.2, 0) is 4.79 Å². The van der Waals surface area contributed by atoms with Crippen LogP contribution in [0, 0.1) is 5.92 Å². The molecule has 0 amide bonds. The first-order valence-electron chi connectivity index (χ1n) is 5.43. The molecule has 1 N–H and O–H groups in total. The summed E-state index contributed by atoms with van der Waals surface area (Å²) in [6, 6.07) is 0. The van der Waals surface area contributed by atoms with Crippen LogP contribution in [0.3, 0.4) is 0 Å². The van der Waals surface area contributed by atoms with E-state index >= 15 is 0 Å². The molecule has 0 heterocycles. The number of hydrogen-bond acceptors (Lipinski definition) is 2. The lowest BCUT2D eigenvalue weighted by atomic mass is 9.98. The largest absolute Gasteiger partial charge is 0.317 e. The van der Waals surface area contributed by atoms with Gasteiger partial charge in [0.2, 0.25) is 0 Å². The second-order valence-electron chi connectivity index (χ2n) is 3.74. The zero-order valence-corrected chi connectivity index (χ0v) is 9.23. The minimum atomic E-state index is 0.405. The molecule has 0 aliphatic heterocycles. The average molecular weight is 185 g/mol. The summed E-state index contributed by atoms with van der Waals surface area (Å²) in [5, 5.41) is 3.16. The molecule has 0 aliphatic carbocycles. The molecule has 78 valence electrons. The van der Waals surface area contributed by atoms with Crippen molar-refractivity contribution in [1.82, 2.24) is 5.32 Å². The molecule has 0 aromatic carbocycles. The van der Waals surface area contributed by atoms with Gasteiger partial charge in [0, 0.05) is 19.4 Å². The highest BCUT2D eigenvalue weighted by Gasteiger charge is 2.07. The lowest BCUT2D eigenvalue weighted by molar-refractivity contribution is -0.119. The first-order valence-corrected chi connectivity index (χ1v) is 5.43. The standard InChI is InChI=1S/C11H23NO/c1-4-6-10(3)9-11(13)7-8-12-5-2/h10,12H,4-9H2,1-3H3. The van der Waals surface area contributed by atoms with Gasteiger partial charge in [0.05, 0.1) is 0 Å². The number of nitrogens with one attached hydrogen (secondary N) is 1. The van der Waals surface area contributed by atoms with Gasteiger partial charge in [0.1, 0.15) is 5.78 Å². The quantitative estimate of drug-likeness (QED) is 0.588. The summed E-state index contributed by atoms with van der Waals surface area (Å²) < 4.78 is 0. The summed E-state index contributed by atoms with van der Waals surface area (Å²) in [4.78, 5) is 11.4. The molecule has 0 aromatic rings. The Labute approximate surface area is 82.1 Å². The molecule has 2 nitrogen and oxygen atoms in total. The molecular formula is C11H23NO. The molecule has 0 spiro atoms. The van der Waals surface area contributed by atoms with Crippen molar-refractivity contribution in [1.29, 1.82) is 0 Å². The van der Waals surface area contributed by atoms with Crippen LogP contribution in [0.5, 0.6) is 0 Å². The SMILES string of the molecule is CCCC(C)CC(=O)CCNCC. The van der Waals surface area contributed by atoms with Gasteiger partial charge in [-0.05, 0) is 12.5 Å². The second kappa shape index (κ2) is 8.24. The Balaban J connectivity index is 3.38. The first-order chi connectivity index (χ1) is 6.20. The Kier molecular flexibility index (Phi) is 8.00. The van der Waals surface area contributed by atoms with Crippen LogP contribution in [-0.4, -0.2) is 18.9 Å². The van der Waals surface area contributed by atoms with Crippen LogP contribution in [0.15, 0.2) is 0 Å². The molecular weight excluding hydrogens is 162 g/mol. The predicted octanol–water partition coefficient (Wildman–Crippen LogP) is 2.38. The van der Waals surface area contributed by atoms with Gasteiger partial charge < -0.3 is 5.32 Å². The van der Waals surface area contributed by atoms with Crippen molar-refractivity contribution in [2.24, 2.45) is 5.92 Å². The maximum absolute atomic E-state index is 11.4. The number of hydrogen-bond donors (Lipinski definition) is 1. The molecule has 1 unspecified atom stereocenters. The van der Waals surface area contributed by atoms with Crippen LogP contribution in [0.1, 0.15) is 46.5 Å². The summed E-state index contributed by atoms with van der Waals surface area (Å²) in [6.45, 7) is 8.18. The summed E-state index contributed by atoms with van der Waals surface area (Å²) in [5.41, 5.74) is 0. The minimum Gasteiger partial charge on any atom is -0.317 e. The summed E-state index contributed by atoms with van der Waals surface area (Å²) in [7, 11) is 0. The Morgan fingerprint density at radius 1 is 1.38 bits per heavy atom. The third kappa shape index (κ3) is 7.97. The van der Waals surface area contributed by atoms with E-state index in [4.69, 9.17) is 0 Å². The van der Waals surface area contributed by atoms with E-state index in [0.29, 0.717) is 18.1 Å². The average Bonchev–Trinajstić information content (AvgIpc) is 2.05. The van der Waals surface area contributed by atoms with Gasteiger partial charge in [0.15, 0.2) is 0 Å². The maximum atomic E-state index is 11.4. The van der Waals surface area contributed by atoms with Gasteiger partial charge >= 0.3 is 0 Å². The number of Topliss-reactive ketones (excluding diaryl/α,β-unsaturated/α-hetero) is 1. The molecule has 0 bridgehead atoms. The Hall–Kier alpha value is -0.370. The third-order valence-corrected chi connectivity index (χ3v) is 2.19. The molecule has 0 radical (unpaired) electrons. The van der Waals surface area contributed by atoms with E-state index < -0.39 is 0 Å². The van der Waals surface area contributed by atoms with E-state index in [0.717, 1.165) is 19.5 Å². The van der Waals surface area contributed by atoms with E-state index in [1.165, 1.54) is 12.8 Å². The van der Waals surface area contributed by atoms with Crippen LogP contribution in [0.25, 0.3) is 0 Å². The molecule has 0 fully saturated rings. The Morgan fingerprint density at radius 3 is 2.62 bits per heavy atom. The van der Waals surface area contributed by atoms with Crippen molar-refractivity contribution >= 4 is 5.78 Å². The summed E-state index contributed by atoms with van der Waals surface area (Å²) in [5.74, 6) is 0.973. The molecule has 0 rings (SSSR count). The number of carbonyl (C=O) groups excluding carboxylic acids is 1. The van der Waals surface area contributed by atoms with Gasteiger partial charge in [0.25, 0.3) is 0 Å². The molecule has 0 aromatic heterocycles. The third-order valence-electron chi connectivity index (χ3n) is 2.19. The normalized spacial score (nSPS) is 12.8. The molecule has 0 saturated heterocycles. The molecule has 0 saturated carbocycles. The van der Waals surface area contributed by atoms with Gasteiger partial charge in [-0.15, -0.1) is 0 Å². The van der Waals surface area contributed by atoms with E-state index in [2.05, 4.69) is 26.1 Å². The van der Waals surface area contributed by atoms with Crippen molar-refractivity contribution < 1.29 is 4.79 Å². The van der Waals surface area contributed by atoms with E-state index in [9.17, 15) is 4.79 Å². The van der Waals surface area contributed by atoms with Crippen molar-refractivity contribution in [2.75, 3.05) is 13.1 Å². The Bertz CT molecular complexity index is 134. The molecule has 13 heavy (non-hydrogen) atoms. The van der Waals surface area contributed by atoms with Gasteiger partial charge in [-0.1, -0.05) is 33.6 Å². The lowest BCUT2D eigenvalue weighted by Crippen LogP contribution is -2.18. The number of ketones is 1. The molecule has 2 heteroatoms. The fourth-order valence-electron chi connectivity index (χ4n) is 1.49. The highest BCUT2D eigenvalue weighted by molar-refractivity contribution is 5.78. The van der Waals surface area contributed by atoms with E-state index in [-0.39, 0.29) is 0 Å². The van der Waals surface area contributed by atoms with Crippen LogP contribution >= 0.6 is 0 Å². The highest BCUT2D eigenvalue weighted by atomic mass is 16.1. The van der Waals surface area contributed by atoms with E-state index in [1.807, 2.05) is 0 Å². The molecule has 1 atom stereocenters. The monoisotopic (exact) mass is 185 g/mol. The highest BCUT2D eigenvalue weighted by Crippen LogP contribution is 2.10. The number of rotatable bonds is 8. The Morgan fingerprint density at radius 2 is 2.08 bits per heavy atom. The maximum Gasteiger partial charge on any atom is 0.134 e. The van der Waals surface area contributed by atoms with Gasteiger partial charge in [-0.2, -0.15) is 0 Å². The first kappa shape index (κ1) is 12.6. The van der Waals surface area contributed by atoms with Crippen LogP contribution < -0.4 is 5.32 Å². The second-order valence-corrected chi connectivity index (χ2v) is 3.74. The van der Waals surface area contributed by atoms with Crippen LogP contribution in [0.2, 0.25) is 0 Å². The van der Waals surface area contributed by atoms with Crippen molar-refractivity contribution in [3.63, 3.8) is 0 Å². The fraction of sp³-hybridized carbons (Fsp3) is 0.909. The fourth-order valence-corrected chi connectivity index (χ4v) is 1.49. The smallest absolute Gasteiger partial charge is 0.134 e. The van der Waals surface area contributed by atoms with Gasteiger partial charge in [-0.25, -0.2) is 0 Å². The van der Waals surface area contributed by atoms with Gasteiger partial charge in [-0.3, -0.25) is 4.79 Å². The summed E-state index contributed by atoms with van der Waals surface area (Å²) >= 11 is 0. The lowest BCUT2D eigenvalue weighted by Gasteiger charge is -2.08. The number of carbonyl (C=O) groups is 1. The zero-order chi connectivity index (χ0) is 10.1. The topological polar surface area (TPSA) is 29.1 Å². The van der Waals surface area contributed by atoms with Crippen molar-refractivity contribution in [2.45, 2.75) is 46.5 Å². The van der Waals surface area contributed by atoms with Crippen molar-refractivity contribution in [3.8, 4) is 0 Å². The van der Waals surface area contributed by atoms with Crippen LogP contribution in [0.4, 0.5) is 0 Å². The predicted molar refractivity (Wildman–Crippen MR) is 56.9 cm³/mol. The van der Waals surface area contributed by atoms with Crippen molar-refractivity contribution in [3.05, 3.63) is 0 Å². The van der Waals surface area contributed by atoms with E-state index in [1.54, 1.807) is 0 Å². The minimum absolute atomic E-state index is 0.405. The zero-order valence-electron chi connectivity index (χ0n) is 9.23.